The number of fused-ring (bicyclic) bond motifs is 1. The number of carbonyl (C=O) groups excluding carboxylic acids is 1. The molecule has 204 valence electrons. The molecule has 1 N–H and O–H groups in total. The van der Waals surface area contributed by atoms with Crippen LogP contribution < -0.4 is 24.4 Å². The quantitative estimate of drug-likeness (QED) is 0.394. The molecule has 0 radical (unpaired) electrons. The van der Waals surface area contributed by atoms with Gasteiger partial charge in [-0.05, 0) is 62.2 Å². The van der Waals surface area contributed by atoms with Gasteiger partial charge in [-0.3, -0.25) is 9.36 Å². The summed E-state index contributed by atoms with van der Waals surface area (Å²) in [6, 6.07) is 9.34. The number of methoxy groups -OCH3 is 1. The fourth-order valence-electron chi connectivity index (χ4n) is 4.05. The molecule has 2 aromatic carbocycles. The Morgan fingerprint density at radius 1 is 1.18 bits per heavy atom. The van der Waals surface area contributed by atoms with Gasteiger partial charge in [0.2, 0.25) is 0 Å². The van der Waals surface area contributed by atoms with Crippen LogP contribution in [0.2, 0.25) is 10.0 Å². The summed E-state index contributed by atoms with van der Waals surface area (Å²) >= 11 is 13.7. The average molecular weight is 591 g/mol. The van der Waals surface area contributed by atoms with E-state index in [9.17, 15) is 14.4 Å². The number of carboxylic acids is 1. The van der Waals surface area contributed by atoms with Crippen molar-refractivity contribution in [1.29, 1.82) is 0 Å². The summed E-state index contributed by atoms with van der Waals surface area (Å²) in [6.07, 6.45) is 1.23. The highest BCUT2D eigenvalue weighted by Crippen LogP contribution is 2.35. The van der Waals surface area contributed by atoms with Crippen LogP contribution in [-0.2, 0) is 14.3 Å². The van der Waals surface area contributed by atoms with Crippen LogP contribution in [0.3, 0.4) is 0 Å². The Bertz CT molecular complexity index is 1630. The molecule has 0 unspecified atom stereocenters. The molecule has 4 rings (SSSR count). The number of ether oxygens (including phenoxy) is 3. The Hall–Kier alpha value is -3.60. The lowest BCUT2D eigenvalue weighted by molar-refractivity contribution is -0.143. The van der Waals surface area contributed by atoms with Gasteiger partial charge in [0.25, 0.3) is 5.56 Å². The van der Waals surface area contributed by atoms with E-state index in [1.54, 1.807) is 58.2 Å². The molecule has 9 nitrogen and oxygen atoms in total. The summed E-state index contributed by atoms with van der Waals surface area (Å²) in [5.41, 5.74) is 1.51. The van der Waals surface area contributed by atoms with Crippen molar-refractivity contribution in [1.82, 2.24) is 4.57 Å². The topological polar surface area (TPSA) is 116 Å². The number of allylic oxidation sites excluding steroid dienone is 1. The van der Waals surface area contributed by atoms with Crippen LogP contribution in [0.25, 0.3) is 6.08 Å². The van der Waals surface area contributed by atoms with E-state index < -0.39 is 24.6 Å². The molecule has 1 aromatic heterocycles. The van der Waals surface area contributed by atoms with Gasteiger partial charge in [-0.15, -0.1) is 0 Å². The second-order valence-corrected chi connectivity index (χ2v) is 10.6. The molecular formula is C27H24Cl2N2O7S. The minimum atomic E-state index is -1.18. The largest absolute Gasteiger partial charge is 0.497 e. The number of halogens is 2. The first-order valence-electron chi connectivity index (χ1n) is 11.7. The van der Waals surface area contributed by atoms with Crippen molar-refractivity contribution in [3.05, 3.63) is 88.5 Å². The molecule has 0 saturated carbocycles. The van der Waals surface area contributed by atoms with E-state index in [0.29, 0.717) is 31.9 Å². The summed E-state index contributed by atoms with van der Waals surface area (Å²) in [7, 11) is 1.55. The number of aliphatic carboxylic acids is 1. The highest BCUT2D eigenvalue weighted by molar-refractivity contribution is 7.07. The summed E-state index contributed by atoms with van der Waals surface area (Å²) in [5, 5.41) is 9.04. The van der Waals surface area contributed by atoms with E-state index in [2.05, 4.69) is 4.99 Å². The molecule has 3 aromatic rings. The molecular weight excluding hydrogens is 567 g/mol. The van der Waals surface area contributed by atoms with E-state index in [-0.39, 0.29) is 33.0 Å². The standard InChI is InChI=1S/C27H24Cl2N2O7S/c1-13(2)38-26(35)22-14(3)30-27-31(23(22)16-5-7-17(36-4)8-6-16)25(34)20(39-27)11-15-9-18(28)24(19(29)10-15)37-12-21(32)33/h5-11,13,23H,12H2,1-4H3,(H,32,33)/b20-11-/t23-/m0/s1. The lowest BCUT2D eigenvalue weighted by Crippen LogP contribution is -2.40. The minimum Gasteiger partial charge on any atom is -0.497 e. The molecule has 0 aliphatic carbocycles. The molecule has 12 heteroatoms. The maximum absolute atomic E-state index is 13.8. The lowest BCUT2D eigenvalue weighted by Gasteiger charge is -2.25. The van der Waals surface area contributed by atoms with E-state index >= 15 is 0 Å². The predicted octanol–water partition coefficient (Wildman–Crippen LogP) is 3.97. The van der Waals surface area contributed by atoms with Crippen molar-refractivity contribution in [2.24, 2.45) is 4.99 Å². The van der Waals surface area contributed by atoms with Gasteiger partial charge in [-0.2, -0.15) is 0 Å². The van der Waals surface area contributed by atoms with Gasteiger partial charge in [0.15, 0.2) is 17.2 Å². The zero-order valence-corrected chi connectivity index (χ0v) is 23.7. The van der Waals surface area contributed by atoms with Gasteiger partial charge in [0.1, 0.15) is 5.75 Å². The zero-order valence-electron chi connectivity index (χ0n) is 21.4. The maximum Gasteiger partial charge on any atom is 0.341 e. The Morgan fingerprint density at radius 3 is 2.38 bits per heavy atom. The van der Waals surface area contributed by atoms with Crippen molar-refractivity contribution in [3.63, 3.8) is 0 Å². The van der Waals surface area contributed by atoms with Crippen LogP contribution in [0.4, 0.5) is 0 Å². The fourth-order valence-corrected chi connectivity index (χ4v) is 5.71. The molecule has 1 aliphatic heterocycles. The molecule has 1 aliphatic rings. The SMILES string of the molecule is COc1ccc([C@H]2C(C(=O)OC(C)C)=C(C)N=c3s/c(=C\c4cc(Cl)c(OCC(=O)O)c(Cl)c4)c(=O)n32)cc1. The molecule has 0 fully saturated rings. The number of esters is 1. The first-order valence-corrected chi connectivity index (χ1v) is 13.3. The number of rotatable bonds is 8. The van der Waals surface area contributed by atoms with Crippen LogP contribution in [0.5, 0.6) is 11.5 Å². The molecule has 0 amide bonds. The van der Waals surface area contributed by atoms with Crippen LogP contribution in [0.1, 0.15) is 37.9 Å². The molecule has 2 heterocycles. The molecule has 1 atom stereocenters. The Balaban J connectivity index is 1.86. The number of nitrogens with zero attached hydrogens (tertiary/aromatic N) is 2. The summed E-state index contributed by atoms with van der Waals surface area (Å²) in [4.78, 5) is 42.8. The van der Waals surface area contributed by atoms with Crippen LogP contribution in [0.15, 0.2) is 57.5 Å². The van der Waals surface area contributed by atoms with E-state index in [0.717, 1.165) is 11.3 Å². The van der Waals surface area contributed by atoms with E-state index in [4.69, 9.17) is 42.5 Å². The van der Waals surface area contributed by atoms with E-state index in [1.165, 1.54) is 16.7 Å². The Morgan fingerprint density at radius 2 is 1.82 bits per heavy atom. The highest BCUT2D eigenvalue weighted by Gasteiger charge is 2.33. The van der Waals surface area contributed by atoms with Gasteiger partial charge in [-0.1, -0.05) is 46.7 Å². The van der Waals surface area contributed by atoms with Crippen molar-refractivity contribution in [3.8, 4) is 11.5 Å². The fraction of sp³-hybridized carbons (Fsp3) is 0.259. The number of carbonyl (C=O) groups is 2. The summed E-state index contributed by atoms with van der Waals surface area (Å²) in [5.74, 6) is -1.08. The average Bonchev–Trinajstić information content (AvgIpc) is 3.16. The lowest BCUT2D eigenvalue weighted by atomic mass is 9.96. The third-order valence-corrected chi connectivity index (χ3v) is 7.22. The minimum absolute atomic E-state index is 0.0304. The van der Waals surface area contributed by atoms with Crippen molar-refractivity contribution in [2.45, 2.75) is 32.9 Å². The highest BCUT2D eigenvalue weighted by atomic mass is 35.5. The van der Waals surface area contributed by atoms with Gasteiger partial charge in [0, 0.05) is 0 Å². The number of hydrogen-bond acceptors (Lipinski definition) is 8. The van der Waals surface area contributed by atoms with Gasteiger partial charge in [-0.25, -0.2) is 14.6 Å². The summed E-state index contributed by atoms with van der Waals surface area (Å²) < 4.78 is 17.7. The van der Waals surface area contributed by atoms with E-state index in [1.807, 2.05) is 0 Å². The number of aromatic nitrogens is 1. The Kier molecular flexibility index (Phi) is 8.48. The zero-order chi connectivity index (χ0) is 28.4. The number of hydrogen-bond donors (Lipinski definition) is 1. The first kappa shape index (κ1) is 28.4. The maximum atomic E-state index is 13.8. The number of benzene rings is 2. The van der Waals surface area contributed by atoms with Crippen LogP contribution in [0, 0.1) is 0 Å². The molecule has 0 saturated heterocycles. The smallest absolute Gasteiger partial charge is 0.341 e. The van der Waals surface area contributed by atoms with Gasteiger partial charge >= 0.3 is 11.9 Å². The van der Waals surface area contributed by atoms with Crippen LogP contribution >= 0.6 is 34.5 Å². The Labute approximate surface area is 237 Å². The third kappa shape index (κ3) is 6.03. The summed E-state index contributed by atoms with van der Waals surface area (Å²) in [6.45, 7) is 4.60. The van der Waals surface area contributed by atoms with Crippen LogP contribution in [-0.4, -0.2) is 41.4 Å². The third-order valence-electron chi connectivity index (χ3n) is 5.67. The van der Waals surface area contributed by atoms with Gasteiger partial charge < -0.3 is 19.3 Å². The second kappa shape index (κ2) is 11.6. The van der Waals surface area contributed by atoms with Crippen molar-refractivity contribution < 1.29 is 28.9 Å². The number of carboxylic acid groups (broad SMARTS) is 1. The monoisotopic (exact) mass is 590 g/mol. The number of thiazole rings is 1. The molecule has 0 spiro atoms. The second-order valence-electron chi connectivity index (χ2n) is 8.81. The predicted molar refractivity (Wildman–Crippen MR) is 148 cm³/mol. The normalized spacial score (nSPS) is 15.2. The van der Waals surface area contributed by atoms with Gasteiger partial charge in [0.05, 0.1) is 45.1 Å². The molecule has 39 heavy (non-hydrogen) atoms. The molecule has 0 bridgehead atoms. The first-order chi connectivity index (χ1) is 18.5. The van der Waals surface area contributed by atoms with Crippen molar-refractivity contribution >= 4 is 52.6 Å². The van der Waals surface area contributed by atoms with Crippen molar-refractivity contribution in [2.75, 3.05) is 13.7 Å².